The van der Waals surface area contributed by atoms with E-state index >= 15 is 0 Å². The highest BCUT2D eigenvalue weighted by Gasteiger charge is 2.37. The van der Waals surface area contributed by atoms with E-state index in [1.807, 2.05) is 17.0 Å². The summed E-state index contributed by atoms with van der Waals surface area (Å²) in [6.07, 6.45) is 4.23. The standard InChI is InChI=1S/C11H13NO2S/c13-10-7-15-11(9-2-1-5-14-9)12(10)6-8-3-4-8/h1-2,5,8,11H,3-4,6-7H2. The van der Waals surface area contributed by atoms with Gasteiger partial charge in [0, 0.05) is 6.54 Å². The first kappa shape index (κ1) is 9.33. The van der Waals surface area contributed by atoms with Crippen molar-refractivity contribution in [2.45, 2.75) is 18.2 Å². The Kier molecular flexibility index (Phi) is 2.24. The van der Waals surface area contributed by atoms with Gasteiger partial charge in [-0.05, 0) is 30.9 Å². The Bertz CT molecular complexity index is 359. The van der Waals surface area contributed by atoms with Gasteiger partial charge in [-0.15, -0.1) is 11.8 Å². The topological polar surface area (TPSA) is 33.5 Å². The van der Waals surface area contributed by atoms with Crippen LogP contribution in [0.25, 0.3) is 0 Å². The van der Waals surface area contributed by atoms with Crippen LogP contribution in [0.2, 0.25) is 0 Å². The molecule has 15 heavy (non-hydrogen) atoms. The second-order valence-electron chi connectivity index (χ2n) is 4.17. The predicted octanol–water partition coefficient (Wildman–Crippen LogP) is 2.26. The van der Waals surface area contributed by atoms with Crippen LogP contribution in [0.5, 0.6) is 0 Å². The number of furan rings is 1. The molecular formula is C11H13NO2S. The van der Waals surface area contributed by atoms with Gasteiger partial charge in [0.05, 0.1) is 12.0 Å². The molecule has 1 saturated heterocycles. The third-order valence-corrected chi connectivity index (χ3v) is 4.12. The second-order valence-corrected chi connectivity index (χ2v) is 5.24. The lowest BCUT2D eigenvalue weighted by Gasteiger charge is -2.21. The van der Waals surface area contributed by atoms with Gasteiger partial charge in [0.15, 0.2) is 0 Å². The van der Waals surface area contributed by atoms with Gasteiger partial charge in [-0.3, -0.25) is 4.79 Å². The van der Waals surface area contributed by atoms with E-state index in [0.717, 1.165) is 18.2 Å². The summed E-state index contributed by atoms with van der Waals surface area (Å²) in [6.45, 7) is 0.914. The molecule has 1 aliphatic heterocycles. The average Bonchev–Trinajstić information content (AvgIpc) is 2.75. The highest BCUT2D eigenvalue weighted by atomic mass is 32.2. The molecule has 1 amide bonds. The maximum atomic E-state index is 11.7. The van der Waals surface area contributed by atoms with Crippen molar-refractivity contribution >= 4 is 17.7 Å². The molecule has 2 aliphatic rings. The number of thioether (sulfide) groups is 1. The summed E-state index contributed by atoms with van der Waals surface area (Å²) in [4.78, 5) is 13.7. The molecule has 1 aromatic rings. The number of carbonyl (C=O) groups excluding carboxylic acids is 1. The molecule has 80 valence electrons. The van der Waals surface area contributed by atoms with Crippen molar-refractivity contribution < 1.29 is 9.21 Å². The maximum absolute atomic E-state index is 11.7. The largest absolute Gasteiger partial charge is 0.466 e. The fourth-order valence-corrected chi connectivity index (χ4v) is 3.05. The number of nitrogens with zero attached hydrogens (tertiary/aromatic N) is 1. The third-order valence-electron chi connectivity index (χ3n) is 2.91. The van der Waals surface area contributed by atoms with Crippen LogP contribution in [0, 0.1) is 5.92 Å². The lowest BCUT2D eigenvalue weighted by molar-refractivity contribution is -0.128. The van der Waals surface area contributed by atoms with Crippen molar-refractivity contribution in [1.82, 2.24) is 4.90 Å². The Morgan fingerprint density at radius 1 is 1.53 bits per heavy atom. The van der Waals surface area contributed by atoms with Crippen molar-refractivity contribution in [3.05, 3.63) is 24.2 Å². The van der Waals surface area contributed by atoms with Gasteiger partial charge in [-0.1, -0.05) is 0 Å². The highest BCUT2D eigenvalue weighted by Crippen LogP contribution is 2.41. The molecule has 4 heteroatoms. The van der Waals surface area contributed by atoms with E-state index in [9.17, 15) is 4.79 Å². The van der Waals surface area contributed by atoms with Crippen LogP contribution in [0.3, 0.4) is 0 Å². The number of amides is 1. The molecule has 1 aromatic heterocycles. The summed E-state index contributed by atoms with van der Waals surface area (Å²) >= 11 is 1.67. The Balaban J connectivity index is 1.78. The number of carbonyl (C=O) groups is 1. The molecule has 1 atom stereocenters. The Morgan fingerprint density at radius 2 is 2.40 bits per heavy atom. The molecule has 1 unspecified atom stereocenters. The summed E-state index contributed by atoms with van der Waals surface area (Å²) in [6, 6.07) is 3.84. The first-order valence-corrected chi connectivity index (χ1v) is 6.34. The monoisotopic (exact) mass is 223 g/mol. The average molecular weight is 223 g/mol. The van der Waals surface area contributed by atoms with E-state index < -0.39 is 0 Å². The van der Waals surface area contributed by atoms with Crippen molar-refractivity contribution in [3.8, 4) is 0 Å². The van der Waals surface area contributed by atoms with Gasteiger partial charge in [0.25, 0.3) is 0 Å². The van der Waals surface area contributed by atoms with Gasteiger partial charge in [-0.25, -0.2) is 0 Å². The highest BCUT2D eigenvalue weighted by molar-refractivity contribution is 8.00. The number of hydrogen-bond donors (Lipinski definition) is 0. The summed E-state index contributed by atoms with van der Waals surface area (Å²) in [5.74, 6) is 2.50. The van der Waals surface area contributed by atoms with Crippen LogP contribution in [0.1, 0.15) is 24.0 Å². The summed E-state index contributed by atoms with van der Waals surface area (Å²) in [7, 11) is 0. The molecule has 0 spiro atoms. The van der Waals surface area contributed by atoms with Crippen LogP contribution in [0.15, 0.2) is 22.8 Å². The van der Waals surface area contributed by atoms with E-state index in [4.69, 9.17) is 4.42 Å². The maximum Gasteiger partial charge on any atom is 0.233 e. The Labute approximate surface area is 92.8 Å². The third kappa shape index (κ3) is 1.78. The minimum absolute atomic E-state index is 0.119. The van der Waals surface area contributed by atoms with Crippen LogP contribution in [-0.2, 0) is 4.79 Å². The smallest absolute Gasteiger partial charge is 0.233 e. The first-order valence-electron chi connectivity index (χ1n) is 5.29. The quantitative estimate of drug-likeness (QED) is 0.788. The van der Waals surface area contributed by atoms with Crippen molar-refractivity contribution in [1.29, 1.82) is 0 Å². The molecule has 1 saturated carbocycles. The lowest BCUT2D eigenvalue weighted by Crippen LogP contribution is -2.30. The SMILES string of the molecule is O=C1CSC(c2ccco2)N1CC1CC1. The number of rotatable bonds is 3. The Morgan fingerprint density at radius 3 is 3.07 bits per heavy atom. The molecule has 0 N–H and O–H groups in total. The van der Waals surface area contributed by atoms with E-state index in [1.165, 1.54) is 12.8 Å². The zero-order valence-electron chi connectivity index (χ0n) is 8.39. The van der Waals surface area contributed by atoms with Gasteiger partial charge >= 0.3 is 0 Å². The van der Waals surface area contributed by atoms with E-state index in [1.54, 1.807) is 18.0 Å². The molecule has 3 rings (SSSR count). The van der Waals surface area contributed by atoms with E-state index in [-0.39, 0.29) is 11.3 Å². The number of hydrogen-bond acceptors (Lipinski definition) is 3. The molecule has 2 fully saturated rings. The summed E-state index contributed by atoms with van der Waals surface area (Å²) in [5, 5.41) is 0.119. The van der Waals surface area contributed by atoms with E-state index in [0.29, 0.717) is 5.75 Å². The molecule has 3 nitrogen and oxygen atoms in total. The second kappa shape index (κ2) is 3.59. The molecule has 2 heterocycles. The van der Waals surface area contributed by atoms with Crippen molar-refractivity contribution in [2.75, 3.05) is 12.3 Å². The van der Waals surface area contributed by atoms with Crippen LogP contribution in [-0.4, -0.2) is 23.1 Å². The minimum atomic E-state index is 0.119. The van der Waals surface area contributed by atoms with Gasteiger partial charge in [0.1, 0.15) is 11.1 Å². The molecule has 1 aliphatic carbocycles. The van der Waals surface area contributed by atoms with Gasteiger partial charge < -0.3 is 9.32 Å². The van der Waals surface area contributed by atoms with Crippen LogP contribution >= 0.6 is 11.8 Å². The summed E-state index contributed by atoms with van der Waals surface area (Å²) < 4.78 is 5.38. The molecule has 0 radical (unpaired) electrons. The Hall–Kier alpha value is -0.900. The predicted molar refractivity (Wildman–Crippen MR) is 58.3 cm³/mol. The zero-order chi connectivity index (χ0) is 10.3. The summed E-state index contributed by atoms with van der Waals surface area (Å²) in [5.41, 5.74) is 0. The van der Waals surface area contributed by atoms with Crippen molar-refractivity contribution in [3.63, 3.8) is 0 Å². The van der Waals surface area contributed by atoms with E-state index in [2.05, 4.69) is 0 Å². The van der Waals surface area contributed by atoms with Crippen LogP contribution in [0.4, 0.5) is 0 Å². The zero-order valence-corrected chi connectivity index (χ0v) is 9.20. The molecular weight excluding hydrogens is 210 g/mol. The molecule has 0 aromatic carbocycles. The lowest BCUT2D eigenvalue weighted by atomic mass is 10.3. The first-order chi connectivity index (χ1) is 7.34. The molecule has 0 bridgehead atoms. The fraction of sp³-hybridized carbons (Fsp3) is 0.545. The van der Waals surface area contributed by atoms with Gasteiger partial charge in [0.2, 0.25) is 5.91 Å². The van der Waals surface area contributed by atoms with Crippen LogP contribution < -0.4 is 0 Å². The van der Waals surface area contributed by atoms with Crippen molar-refractivity contribution in [2.24, 2.45) is 5.92 Å². The fourth-order valence-electron chi connectivity index (χ4n) is 1.90. The minimum Gasteiger partial charge on any atom is -0.466 e. The normalized spacial score (nSPS) is 26.3. The van der Waals surface area contributed by atoms with Gasteiger partial charge in [-0.2, -0.15) is 0 Å².